The van der Waals surface area contributed by atoms with Crippen molar-refractivity contribution in [3.8, 4) is 5.75 Å². The van der Waals surface area contributed by atoms with Crippen LogP contribution >= 0.6 is 11.6 Å². The van der Waals surface area contributed by atoms with Crippen LogP contribution in [0.4, 0.5) is 10.1 Å². The van der Waals surface area contributed by atoms with Crippen molar-refractivity contribution in [2.75, 3.05) is 5.32 Å². The fourth-order valence-electron chi connectivity index (χ4n) is 1.23. The number of aromatic hydroxyl groups is 1. The fourth-order valence-corrected chi connectivity index (χ4v) is 1.40. The molecule has 0 fully saturated rings. The fraction of sp³-hybridized carbons (Fsp3) is 0. The van der Waals surface area contributed by atoms with E-state index < -0.39 is 17.5 Å². The molecule has 0 atom stereocenters. The normalized spacial score (nSPS) is 10.1. The predicted molar refractivity (Wildman–Crippen MR) is 63.1 cm³/mol. The van der Waals surface area contributed by atoms with E-state index in [2.05, 4.69) is 15.3 Å². The van der Waals surface area contributed by atoms with Gasteiger partial charge in [0.15, 0.2) is 5.82 Å². The Kier molecular flexibility index (Phi) is 3.38. The third-order valence-electron chi connectivity index (χ3n) is 2.08. The zero-order chi connectivity index (χ0) is 13.1. The van der Waals surface area contributed by atoms with Crippen molar-refractivity contribution in [1.82, 2.24) is 9.97 Å². The van der Waals surface area contributed by atoms with Crippen molar-refractivity contribution in [3.05, 3.63) is 47.3 Å². The number of phenolic OH excluding ortho intramolecular Hbond substituents is 1. The molecule has 0 saturated heterocycles. The SMILES string of the molecule is O=C(Nc1cc(Cl)c(O)cc1F)c1cnccn1. The number of nitrogens with zero attached hydrogens (tertiary/aromatic N) is 2. The second kappa shape index (κ2) is 4.97. The molecular weight excluding hydrogens is 261 g/mol. The van der Waals surface area contributed by atoms with Crippen molar-refractivity contribution < 1.29 is 14.3 Å². The number of nitrogens with one attached hydrogen (secondary N) is 1. The van der Waals surface area contributed by atoms with Gasteiger partial charge in [0.25, 0.3) is 5.91 Å². The molecule has 2 rings (SSSR count). The van der Waals surface area contributed by atoms with Crippen molar-refractivity contribution in [2.45, 2.75) is 0 Å². The highest BCUT2D eigenvalue weighted by Gasteiger charge is 2.13. The van der Waals surface area contributed by atoms with Gasteiger partial charge in [-0.25, -0.2) is 9.37 Å². The standard InChI is InChI=1S/C11H7ClFN3O2/c12-6-3-8(7(13)4-10(6)17)16-11(18)9-5-14-1-2-15-9/h1-5,17H,(H,16,18). The van der Waals surface area contributed by atoms with Gasteiger partial charge < -0.3 is 10.4 Å². The summed E-state index contributed by atoms with van der Waals surface area (Å²) in [6.45, 7) is 0. The Morgan fingerprint density at radius 2 is 2.17 bits per heavy atom. The lowest BCUT2D eigenvalue weighted by atomic mass is 10.2. The zero-order valence-corrected chi connectivity index (χ0v) is 9.65. The van der Waals surface area contributed by atoms with Crippen LogP contribution in [0.5, 0.6) is 5.75 Å². The van der Waals surface area contributed by atoms with E-state index in [1.54, 1.807) is 0 Å². The first-order valence-corrected chi connectivity index (χ1v) is 5.21. The maximum absolute atomic E-state index is 13.4. The Hall–Kier alpha value is -2.21. The summed E-state index contributed by atoms with van der Waals surface area (Å²) in [7, 11) is 0. The quantitative estimate of drug-likeness (QED) is 0.818. The summed E-state index contributed by atoms with van der Waals surface area (Å²) < 4.78 is 13.4. The van der Waals surface area contributed by atoms with Crippen molar-refractivity contribution in [3.63, 3.8) is 0 Å². The third-order valence-corrected chi connectivity index (χ3v) is 2.38. The Balaban J connectivity index is 2.25. The molecule has 7 heteroatoms. The van der Waals surface area contributed by atoms with E-state index in [-0.39, 0.29) is 16.4 Å². The summed E-state index contributed by atoms with van der Waals surface area (Å²) >= 11 is 5.62. The van der Waals surface area contributed by atoms with Crippen LogP contribution in [0, 0.1) is 5.82 Å². The Morgan fingerprint density at radius 1 is 1.39 bits per heavy atom. The number of phenols is 1. The molecule has 0 saturated carbocycles. The van der Waals surface area contributed by atoms with Crippen molar-refractivity contribution >= 4 is 23.2 Å². The lowest BCUT2D eigenvalue weighted by Gasteiger charge is -2.07. The summed E-state index contributed by atoms with van der Waals surface area (Å²) in [5.74, 6) is -1.82. The number of aromatic nitrogens is 2. The third kappa shape index (κ3) is 2.54. The van der Waals surface area contributed by atoms with E-state index in [0.29, 0.717) is 0 Å². The molecular formula is C11H7ClFN3O2. The highest BCUT2D eigenvalue weighted by Crippen LogP contribution is 2.29. The average molecular weight is 268 g/mol. The highest BCUT2D eigenvalue weighted by molar-refractivity contribution is 6.32. The van der Waals surface area contributed by atoms with Gasteiger partial charge in [-0.2, -0.15) is 0 Å². The van der Waals surface area contributed by atoms with Gasteiger partial charge in [0.1, 0.15) is 11.4 Å². The lowest BCUT2D eigenvalue weighted by molar-refractivity contribution is 0.102. The van der Waals surface area contributed by atoms with E-state index in [1.165, 1.54) is 18.6 Å². The smallest absolute Gasteiger partial charge is 0.275 e. The molecule has 0 radical (unpaired) electrons. The van der Waals surface area contributed by atoms with Gasteiger partial charge in [-0.1, -0.05) is 11.6 Å². The van der Waals surface area contributed by atoms with Gasteiger partial charge in [-0.3, -0.25) is 9.78 Å². The van der Waals surface area contributed by atoms with Crippen LogP contribution in [0.25, 0.3) is 0 Å². The average Bonchev–Trinajstić information content (AvgIpc) is 2.37. The monoisotopic (exact) mass is 267 g/mol. The number of hydrogen-bond acceptors (Lipinski definition) is 4. The summed E-state index contributed by atoms with van der Waals surface area (Å²) in [6, 6.07) is 1.93. The molecule has 18 heavy (non-hydrogen) atoms. The number of rotatable bonds is 2. The van der Waals surface area contributed by atoms with Crippen LogP contribution < -0.4 is 5.32 Å². The Labute approximate surface area is 106 Å². The van der Waals surface area contributed by atoms with E-state index >= 15 is 0 Å². The number of amides is 1. The minimum atomic E-state index is -0.797. The minimum absolute atomic E-state index is 0.0427. The maximum Gasteiger partial charge on any atom is 0.275 e. The van der Waals surface area contributed by atoms with Gasteiger partial charge in [0.2, 0.25) is 0 Å². The summed E-state index contributed by atoms with van der Waals surface area (Å²) in [4.78, 5) is 19.2. The Bertz CT molecular complexity index is 592. The summed E-state index contributed by atoms with van der Waals surface area (Å²) in [6.07, 6.45) is 4.00. The topological polar surface area (TPSA) is 75.1 Å². The van der Waals surface area contributed by atoms with Gasteiger partial charge in [-0.05, 0) is 6.07 Å². The first-order chi connectivity index (χ1) is 8.58. The predicted octanol–water partition coefficient (Wildman–Crippen LogP) is 2.23. The largest absolute Gasteiger partial charge is 0.506 e. The van der Waals surface area contributed by atoms with E-state index in [9.17, 15) is 9.18 Å². The first kappa shape index (κ1) is 12.3. The summed E-state index contributed by atoms with van der Waals surface area (Å²) in [5.41, 5.74) is -0.102. The molecule has 0 aliphatic carbocycles. The molecule has 2 N–H and O–H groups in total. The molecule has 92 valence electrons. The van der Waals surface area contributed by atoms with Gasteiger partial charge in [-0.15, -0.1) is 0 Å². The lowest BCUT2D eigenvalue weighted by Crippen LogP contribution is -2.14. The number of benzene rings is 1. The molecule has 1 aromatic heterocycles. The van der Waals surface area contributed by atoms with Gasteiger partial charge in [0.05, 0.1) is 16.9 Å². The molecule has 1 amide bonds. The van der Waals surface area contributed by atoms with Gasteiger partial charge >= 0.3 is 0 Å². The first-order valence-electron chi connectivity index (χ1n) is 4.83. The number of anilines is 1. The second-order valence-electron chi connectivity index (χ2n) is 3.33. The van der Waals surface area contributed by atoms with Crippen LogP contribution in [0.15, 0.2) is 30.7 Å². The van der Waals surface area contributed by atoms with E-state index in [1.807, 2.05) is 0 Å². The van der Waals surface area contributed by atoms with Crippen molar-refractivity contribution in [1.29, 1.82) is 0 Å². The summed E-state index contributed by atoms with van der Waals surface area (Å²) in [5, 5.41) is 11.4. The van der Waals surface area contributed by atoms with Crippen LogP contribution in [0.1, 0.15) is 10.5 Å². The zero-order valence-electron chi connectivity index (χ0n) is 8.89. The molecule has 0 spiro atoms. The van der Waals surface area contributed by atoms with Crippen LogP contribution in [-0.4, -0.2) is 21.0 Å². The molecule has 1 aromatic carbocycles. The van der Waals surface area contributed by atoms with Crippen molar-refractivity contribution in [2.24, 2.45) is 0 Å². The van der Waals surface area contributed by atoms with Crippen LogP contribution in [-0.2, 0) is 0 Å². The number of carbonyl (C=O) groups is 1. The maximum atomic E-state index is 13.4. The minimum Gasteiger partial charge on any atom is -0.506 e. The number of hydrogen-bond donors (Lipinski definition) is 2. The van der Waals surface area contributed by atoms with Crippen LogP contribution in [0.2, 0.25) is 5.02 Å². The number of carbonyl (C=O) groups excluding carboxylic acids is 1. The van der Waals surface area contributed by atoms with Gasteiger partial charge in [0, 0.05) is 18.5 Å². The molecule has 0 aliphatic heterocycles. The van der Waals surface area contributed by atoms with E-state index in [4.69, 9.17) is 16.7 Å². The second-order valence-corrected chi connectivity index (χ2v) is 3.74. The molecule has 0 unspecified atom stereocenters. The molecule has 0 bridgehead atoms. The van der Waals surface area contributed by atoms with E-state index in [0.717, 1.165) is 12.1 Å². The van der Waals surface area contributed by atoms with Crippen LogP contribution in [0.3, 0.4) is 0 Å². The molecule has 2 aromatic rings. The molecule has 5 nitrogen and oxygen atoms in total. The molecule has 1 heterocycles. The Morgan fingerprint density at radius 3 is 2.83 bits per heavy atom. The number of halogens is 2. The molecule has 0 aliphatic rings. The highest BCUT2D eigenvalue weighted by atomic mass is 35.5.